The number of hydrazine groups is 1. The SMILES string of the molecule is Cc1ccccc1C(=O)NNC(=O)CCC(=O)OCCCc1ccccc1. The molecule has 0 saturated carbocycles. The summed E-state index contributed by atoms with van der Waals surface area (Å²) in [6.45, 7) is 2.13. The predicted molar refractivity (Wildman–Crippen MR) is 102 cm³/mol. The summed E-state index contributed by atoms with van der Waals surface area (Å²) in [5.74, 6) is -1.27. The van der Waals surface area contributed by atoms with E-state index in [-0.39, 0.29) is 12.8 Å². The van der Waals surface area contributed by atoms with Gasteiger partial charge in [0.05, 0.1) is 13.0 Å². The Bertz CT molecular complexity index is 775. The van der Waals surface area contributed by atoms with Gasteiger partial charge >= 0.3 is 5.97 Å². The summed E-state index contributed by atoms with van der Waals surface area (Å²) in [6, 6.07) is 17.0. The van der Waals surface area contributed by atoms with Crippen LogP contribution in [-0.2, 0) is 20.7 Å². The molecule has 0 aromatic heterocycles. The van der Waals surface area contributed by atoms with Crippen LogP contribution in [0.5, 0.6) is 0 Å². The topological polar surface area (TPSA) is 84.5 Å². The summed E-state index contributed by atoms with van der Waals surface area (Å²) < 4.78 is 5.12. The predicted octanol–water partition coefficient (Wildman–Crippen LogP) is 2.71. The van der Waals surface area contributed by atoms with E-state index in [1.807, 2.05) is 49.4 Å². The highest BCUT2D eigenvalue weighted by Gasteiger charge is 2.11. The van der Waals surface area contributed by atoms with E-state index >= 15 is 0 Å². The zero-order chi connectivity index (χ0) is 19.5. The molecule has 2 rings (SSSR count). The number of rotatable bonds is 8. The quantitative estimate of drug-likeness (QED) is 0.426. The van der Waals surface area contributed by atoms with Crippen LogP contribution in [-0.4, -0.2) is 24.4 Å². The second-order valence-electron chi connectivity index (χ2n) is 6.13. The molecule has 0 saturated heterocycles. The first-order valence-corrected chi connectivity index (χ1v) is 8.90. The standard InChI is InChI=1S/C21H24N2O4/c1-16-8-5-6-12-18(16)21(26)23-22-19(24)13-14-20(25)27-15-7-11-17-9-3-2-4-10-17/h2-6,8-10,12H,7,11,13-15H2,1H3,(H,22,24)(H,23,26). The number of aryl methyl sites for hydroxylation is 2. The maximum absolute atomic E-state index is 12.0. The van der Waals surface area contributed by atoms with Crippen molar-refractivity contribution in [1.82, 2.24) is 10.9 Å². The third-order valence-electron chi connectivity index (χ3n) is 3.98. The molecule has 2 amide bonds. The minimum absolute atomic E-state index is 0.0304. The fourth-order valence-electron chi connectivity index (χ4n) is 2.48. The minimum Gasteiger partial charge on any atom is -0.466 e. The number of amides is 2. The largest absolute Gasteiger partial charge is 0.466 e. The van der Waals surface area contributed by atoms with Crippen molar-refractivity contribution < 1.29 is 19.1 Å². The Labute approximate surface area is 158 Å². The Balaban J connectivity index is 1.58. The molecule has 0 aliphatic carbocycles. The second-order valence-corrected chi connectivity index (χ2v) is 6.13. The van der Waals surface area contributed by atoms with E-state index in [2.05, 4.69) is 10.9 Å². The van der Waals surface area contributed by atoms with Gasteiger partial charge in [-0.15, -0.1) is 0 Å². The molecule has 0 spiro atoms. The number of carbonyl (C=O) groups is 3. The molecular weight excluding hydrogens is 344 g/mol. The van der Waals surface area contributed by atoms with Crippen LogP contribution in [0, 0.1) is 6.92 Å². The van der Waals surface area contributed by atoms with E-state index in [1.54, 1.807) is 12.1 Å². The monoisotopic (exact) mass is 368 g/mol. The van der Waals surface area contributed by atoms with E-state index < -0.39 is 17.8 Å². The van der Waals surface area contributed by atoms with Crippen LogP contribution in [0.3, 0.4) is 0 Å². The molecule has 6 nitrogen and oxygen atoms in total. The molecule has 2 N–H and O–H groups in total. The van der Waals surface area contributed by atoms with Crippen LogP contribution in [0.2, 0.25) is 0 Å². The number of hydrogen-bond acceptors (Lipinski definition) is 4. The van der Waals surface area contributed by atoms with Crippen LogP contribution in [0.25, 0.3) is 0 Å². The first-order chi connectivity index (χ1) is 13.1. The molecule has 0 unspecified atom stereocenters. The molecule has 0 heterocycles. The first kappa shape index (κ1) is 20.2. The number of carbonyl (C=O) groups excluding carboxylic acids is 3. The average Bonchev–Trinajstić information content (AvgIpc) is 2.69. The van der Waals surface area contributed by atoms with Gasteiger partial charge in [-0.3, -0.25) is 25.2 Å². The van der Waals surface area contributed by atoms with E-state index in [0.29, 0.717) is 12.2 Å². The lowest BCUT2D eigenvalue weighted by molar-refractivity contribution is -0.145. The molecule has 27 heavy (non-hydrogen) atoms. The highest BCUT2D eigenvalue weighted by molar-refractivity contribution is 5.96. The fraction of sp³-hybridized carbons (Fsp3) is 0.286. The van der Waals surface area contributed by atoms with Gasteiger partial charge in [0, 0.05) is 12.0 Å². The summed E-state index contributed by atoms with van der Waals surface area (Å²) in [5, 5.41) is 0. The van der Waals surface area contributed by atoms with Crippen molar-refractivity contribution in [2.24, 2.45) is 0 Å². The normalized spacial score (nSPS) is 10.1. The van der Waals surface area contributed by atoms with Crippen LogP contribution < -0.4 is 10.9 Å². The van der Waals surface area contributed by atoms with Crippen molar-refractivity contribution in [3.05, 3.63) is 71.3 Å². The van der Waals surface area contributed by atoms with E-state index in [9.17, 15) is 14.4 Å². The van der Waals surface area contributed by atoms with Gasteiger partial charge in [0.25, 0.3) is 5.91 Å². The molecule has 0 aliphatic heterocycles. The lowest BCUT2D eigenvalue weighted by Crippen LogP contribution is -2.42. The number of benzene rings is 2. The molecule has 6 heteroatoms. The molecule has 0 radical (unpaired) electrons. The van der Waals surface area contributed by atoms with Crippen molar-refractivity contribution in [3.8, 4) is 0 Å². The summed E-state index contributed by atoms with van der Waals surface area (Å²) >= 11 is 0. The van der Waals surface area contributed by atoms with Gasteiger partial charge in [0.2, 0.25) is 5.91 Å². The van der Waals surface area contributed by atoms with Crippen LogP contribution >= 0.6 is 0 Å². The maximum atomic E-state index is 12.0. The van der Waals surface area contributed by atoms with Crippen molar-refractivity contribution in [1.29, 1.82) is 0 Å². The zero-order valence-electron chi connectivity index (χ0n) is 15.4. The van der Waals surface area contributed by atoms with Gasteiger partial charge in [0.15, 0.2) is 0 Å². The number of nitrogens with one attached hydrogen (secondary N) is 2. The van der Waals surface area contributed by atoms with Crippen molar-refractivity contribution in [3.63, 3.8) is 0 Å². The van der Waals surface area contributed by atoms with Gasteiger partial charge in [-0.25, -0.2) is 0 Å². The summed E-state index contributed by atoms with van der Waals surface area (Å²) in [7, 11) is 0. The lowest BCUT2D eigenvalue weighted by atomic mass is 10.1. The number of esters is 1. The van der Waals surface area contributed by atoms with Gasteiger partial charge in [-0.1, -0.05) is 48.5 Å². The Hall–Kier alpha value is -3.15. The molecule has 2 aromatic rings. The second kappa shape index (κ2) is 10.8. The summed E-state index contributed by atoms with van der Waals surface area (Å²) in [5.41, 5.74) is 7.13. The minimum atomic E-state index is -0.446. The van der Waals surface area contributed by atoms with Crippen LogP contribution in [0.15, 0.2) is 54.6 Å². The van der Waals surface area contributed by atoms with Crippen LogP contribution in [0.1, 0.15) is 40.7 Å². The van der Waals surface area contributed by atoms with Crippen molar-refractivity contribution in [2.75, 3.05) is 6.61 Å². The molecular formula is C21H24N2O4. The smallest absolute Gasteiger partial charge is 0.306 e. The third-order valence-corrected chi connectivity index (χ3v) is 3.98. The zero-order valence-corrected chi connectivity index (χ0v) is 15.4. The molecule has 0 atom stereocenters. The van der Waals surface area contributed by atoms with E-state index in [4.69, 9.17) is 4.74 Å². The molecule has 0 fully saturated rings. The van der Waals surface area contributed by atoms with Crippen molar-refractivity contribution >= 4 is 17.8 Å². The third kappa shape index (κ3) is 7.32. The average molecular weight is 368 g/mol. The molecule has 2 aromatic carbocycles. The number of ether oxygens (including phenoxy) is 1. The highest BCUT2D eigenvalue weighted by Crippen LogP contribution is 2.06. The lowest BCUT2D eigenvalue weighted by Gasteiger charge is -2.09. The first-order valence-electron chi connectivity index (χ1n) is 8.90. The van der Waals surface area contributed by atoms with Crippen molar-refractivity contribution in [2.45, 2.75) is 32.6 Å². The summed E-state index contributed by atoms with van der Waals surface area (Å²) in [4.78, 5) is 35.4. The Morgan fingerprint density at radius 2 is 1.59 bits per heavy atom. The fourth-order valence-corrected chi connectivity index (χ4v) is 2.48. The van der Waals surface area contributed by atoms with Gasteiger partial charge in [-0.2, -0.15) is 0 Å². The van der Waals surface area contributed by atoms with E-state index in [0.717, 1.165) is 18.4 Å². The van der Waals surface area contributed by atoms with Gasteiger partial charge in [0.1, 0.15) is 0 Å². The molecule has 0 bridgehead atoms. The molecule has 0 aliphatic rings. The molecule has 142 valence electrons. The Kier molecular flexibility index (Phi) is 8.03. The van der Waals surface area contributed by atoms with Gasteiger partial charge < -0.3 is 4.74 Å². The van der Waals surface area contributed by atoms with Gasteiger partial charge in [-0.05, 0) is 37.0 Å². The maximum Gasteiger partial charge on any atom is 0.306 e. The van der Waals surface area contributed by atoms with Crippen LogP contribution in [0.4, 0.5) is 0 Å². The summed E-state index contributed by atoms with van der Waals surface area (Å²) in [6.07, 6.45) is 1.48. The highest BCUT2D eigenvalue weighted by atomic mass is 16.5. The number of hydrogen-bond donors (Lipinski definition) is 2. The Morgan fingerprint density at radius 3 is 2.33 bits per heavy atom. The Morgan fingerprint density at radius 1 is 0.889 bits per heavy atom. The van der Waals surface area contributed by atoms with E-state index in [1.165, 1.54) is 5.56 Å².